The van der Waals surface area contributed by atoms with E-state index in [1.165, 1.54) is 51.4 Å². The van der Waals surface area contributed by atoms with Crippen molar-refractivity contribution in [2.24, 2.45) is 9.98 Å². The van der Waals surface area contributed by atoms with Crippen molar-refractivity contribution in [3.05, 3.63) is 168 Å². The standard InChI is InChI=1S/C56H60N2O8/c1-3-5-7-9-11-37-61-49-29-17-45(18-30-49)55(59)65-53-25-13-43(14-26-53)41-57-47-21-33-51(34-22-47)63-39-40-64-52-35-23-48(24-36-52)58-42-44-15-27-54(28-16-44)66-56(60)46-19-31-50(32-20-46)62-38-12-10-8-6-4-2/h13-36,41-42H,3-12,37-40H2,1-2H3. The Bertz CT molecular complexity index is 2220. The molecule has 10 nitrogen and oxygen atoms in total. The maximum Gasteiger partial charge on any atom is 0.343 e. The quantitative estimate of drug-likeness (QED) is 0.0217. The van der Waals surface area contributed by atoms with Gasteiger partial charge in [-0.15, -0.1) is 0 Å². The average Bonchev–Trinajstić information content (AvgIpc) is 3.35. The number of benzene rings is 6. The van der Waals surface area contributed by atoms with Crippen molar-refractivity contribution < 1.29 is 38.0 Å². The Kier molecular flexibility index (Phi) is 19.9. The van der Waals surface area contributed by atoms with E-state index in [-0.39, 0.29) is 0 Å². The third-order valence-electron chi connectivity index (χ3n) is 10.4. The molecule has 0 radical (unpaired) electrons. The lowest BCUT2D eigenvalue weighted by molar-refractivity contribution is 0.0725. The molecule has 0 heterocycles. The van der Waals surface area contributed by atoms with Crippen LogP contribution < -0.4 is 28.4 Å². The highest BCUT2D eigenvalue weighted by molar-refractivity contribution is 5.92. The second-order valence-electron chi connectivity index (χ2n) is 15.7. The predicted octanol–water partition coefficient (Wildman–Crippen LogP) is 13.8. The molecular weight excluding hydrogens is 829 g/mol. The van der Waals surface area contributed by atoms with Gasteiger partial charge in [-0.1, -0.05) is 65.2 Å². The number of ether oxygens (including phenoxy) is 6. The van der Waals surface area contributed by atoms with Crippen LogP contribution in [0.3, 0.4) is 0 Å². The van der Waals surface area contributed by atoms with Crippen molar-refractivity contribution in [3.63, 3.8) is 0 Å². The van der Waals surface area contributed by atoms with E-state index < -0.39 is 11.9 Å². The Morgan fingerprint density at radius 1 is 0.364 bits per heavy atom. The molecule has 6 rings (SSSR count). The summed E-state index contributed by atoms with van der Waals surface area (Å²) in [4.78, 5) is 34.5. The summed E-state index contributed by atoms with van der Waals surface area (Å²) in [6, 6.07) is 43.4. The topological polar surface area (TPSA) is 114 Å². The fourth-order valence-electron chi connectivity index (χ4n) is 6.62. The molecule has 0 aliphatic carbocycles. The number of esters is 2. The first kappa shape index (κ1) is 48.3. The summed E-state index contributed by atoms with van der Waals surface area (Å²) in [6.45, 7) is 6.49. The Balaban J connectivity index is 0.846. The second kappa shape index (κ2) is 27.2. The molecule has 0 fully saturated rings. The molecule has 0 aromatic heterocycles. The zero-order valence-corrected chi connectivity index (χ0v) is 38.1. The molecule has 66 heavy (non-hydrogen) atoms. The summed E-state index contributed by atoms with van der Waals surface area (Å²) in [7, 11) is 0. The Morgan fingerprint density at radius 2 is 0.667 bits per heavy atom. The number of hydrogen-bond acceptors (Lipinski definition) is 10. The van der Waals surface area contributed by atoms with E-state index in [0.29, 0.717) is 60.6 Å². The lowest BCUT2D eigenvalue weighted by Gasteiger charge is -2.09. The summed E-state index contributed by atoms with van der Waals surface area (Å²) < 4.78 is 34.5. The van der Waals surface area contributed by atoms with Gasteiger partial charge in [0.1, 0.15) is 47.7 Å². The minimum Gasteiger partial charge on any atom is -0.494 e. The lowest BCUT2D eigenvalue weighted by atomic mass is 10.2. The van der Waals surface area contributed by atoms with Gasteiger partial charge in [-0.2, -0.15) is 0 Å². The summed E-state index contributed by atoms with van der Waals surface area (Å²) in [5.74, 6) is 2.96. The lowest BCUT2D eigenvalue weighted by Crippen LogP contribution is -2.08. The van der Waals surface area contributed by atoms with Crippen LogP contribution in [-0.2, 0) is 0 Å². The summed E-state index contributed by atoms with van der Waals surface area (Å²) in [6.07, 6.45) is 15.3. The van der Waals surface area contributed by atoms with E-state index in [4.69, 9.17) is 28.4 Å². The Morgan fingerprint density at radius 3 is 1.02 bits per heavy atom. The fraction of sp³-hybridized carbons (Fsp3) is 0.286. The van der Waals surface area contributed by atoms with Gasteiger partial charge in [0, 0.05) is 12.4 Å². The zero-order chi connectivity index (χ0) is 46.0. The molecule has 0 atom stereocenters. The van der Waals surface area contributed by atoms with Crippen molar-refractivity contribution >= 4 is 35.7 Å². The average molecular weight is 889 g/mol. The highest BCUT2D eigenvalue weighted by atomic mass is 16.5. The van der Waals surface area contributed by atoms with Crippen LogP contribution in [0.5, 0.6) is 34.5 Å². The van der Waals surface area contributed by atoms with Crippen LogP contribution in [0.15, 0.2) is 156 Å². The molecule has 0 N–H and O–H groups in total. The number of hydrogen-bond donors (Lipinski definition) is 0. The summed E-state index contributed by atoms with van der Waals surface area (Å²) >= 11 is 0. The molecule has 0 spiro atoms. The highest BCUT2D eigenvalue weighted by Crippen LogP contribution is 2.23. The van der Waals surface area contributed by atoms with E-state index >= 15 is 0 Å². The van der Waals surface area contributed by atoms with Crippen molar-refractivity contribution in [3.8, 4) is 34.5 Å². The first-order chi connectivity index (χ1) is 32.4. The number of nitrogens with zero attached hydrogens (tertiary/aromatic N) is 2. The predicted molar refractivity (Wildman–Crippen MR) is 263 cm³/mol. The summed E-state index contributed by atoms with van der Waals surface area (Å²) in [5, 5.41) is 0. The molecule has 0 saturated carbocycles. The Labute approximate surface area is 389 Å². The first-order valence-corrected chi connectivity index (χ1v) is 23.1. The first-order valence-electron chi connectivity index (χ1n) is 23.1. The monoisotopic (exact) mass is 888 g/mol. The largest absolute Gasteiger partial charge is 0.494 e. The van der Waals surface area contributed by atoms with Crippen LogP contribution in [0.2, 0.25) is 0 Å². The van der Waals surface area contributed by atoms with Gasteiger partial charge in [-0.05, 0) is 170 Å². The second-order valence-corrected chi connectivity index (χ2v) is 15.7. The molecule has 0 amide bonds. The van der Waals surface area contributed by atoms with Gasteiger partial charge in [0.25, 0.3) is 0 Å². The minimum atomic E-state index is -0.427. The third-order valence-corrected chi connectivity index (χ3v) is 10.4. The molecule has 6 aromatic rings. The number of carbonyl (C=O) groups excluding carboxylic acids is 2. The van der Waals surface area contributed by atoms with Gasteiger partial charge in [0.15, 0.2) is 0 Å². The van der Waals surface area contributed by atoms with Crippen molar-refractivity contribution in [1.29, 1.82) is 0 Å². The van der Waals surface area contributed by atoms with E-state index in [1.54, 1.807) is 85.2 Å². The Hall–Kier alpha value is -7.20. The van der Waals surface area contributed by atoms with Gasteiger partial charge in [-0.25, -0.2) is 9.59 Å². The zero-order valence-electron chi connectivity index (χ0n) is 38.1. The van der Waals surface area contributed by atoms with Gasteiger partial charge < -0.3 is 28.4 Å². The molecule has 0 unspecified atom stereocenters. The van der Waals surface area contributed by atoms with Gasteiger partial charge in [0.2, 0.25) is 0 Å². The third kappa shape index (κ3) is 17.1. The SMILES string of the molecule is CCCCCCCOc1ccc(C(=O)Oc2ccc(C=Nc3ccc(OCCOc4ccc(N=Cc5ccc(OC(=O)c6ccc(OCCCCCCC)cc6)cc5)cc4)cc3)cc2)cc1. The van der Waals surface area contributed by atoms with E-state index in [1.807, 2.05) is 72.8 Å². The normalized spacial score (nSPS) is 11.1. The molecular formula is C56H60N2O8. The molecule has 0 aliphatic heterocycles. The van der Waals surface area contributed by atoms with Gasteiger partial charge in [0.05, 0.1) is 35.7 Å². The van der Waals surface area contributed by atoms with Crippen LogP contribution in [0, 0.1) is 0 Å². The molecule has 0 saturated heterocycles. The van der Waals surface area contributed by atoms with Crippen molar-refractivity contribution in [1.82, 2.24) is 0 Å². The number of unbranched alkanes of at least 4 members (excludes halogenated alkanes) is 8. The number of carbonyl (C=O) groups is 2. The van der Waals surface area contributed by atoms with Gasteiger partial charge >= 0.3 is 11.9 Å². The van der Waals surface area contributed by atoms with Crippen LogP contribution >= 0.6 is 0 Å². The summed E-state index contributed by atoms with van der Waals surface area (Å²) in [5.41, 5.74) is 4.18. The maximum absolute atomic E-state index is 12.7. The van der Waals surface area contributed by atoms with Gasteiger partial charge in [-0.3, -0.25) is 9.98 Å². The van der Waals surface area contributed by atoms with Crippen molar-refractivity contribution in [2.45, 2.75) is 78.1 Å². The van der Waals surface area contributed by atoms with Crippen LogP contribution in [0.4, 0.5) is 11.4 Å². The van der Waals surface area contributed by atoms with E-state index in [2.05, 4.69) is 23.8 Å². The molecule has 0 aliphatic rings. The number of rotatable bonds is 27. The van der Waals surface area contributed by atoms with Crippen LogP contribution in [0.1, 0.15) is 110 Å². The molecule has 10 heteroatoms. The van der Waals surface area contributed by atoms with Crippen LogP contribution in [0.25, 0.3) is 0 Å². The minimum absolute atomic E-state index is 0.365. The highest BCUT2D eigenvalue weighted by Gasteiger charge is 2.11. The molecule has 6 aromatic carbocycles. The number of aliphatic imine (C=N–C) groups is 2. The maximum atomic E-state index is 12.7. The smallest absolute Gasteiger partial charge is 0.343 e. The van der Waals surface area contributed by atoms with Crippen molar-refractivity contribution in [2.75, 3.05) is 26.4 Å². The van der Waals surface area contributed by atoms with E-state index in [0.717, 1.165) is 46.8 Å². The van der Waals surface area contributed by atoms with E-state index in [9.17, 15) is 9.59 Å². The molecule has 0 bridgehead atoms. The fourth-order valence-corrected chi connectivity index (χ4v) is 6.62. The molecule has 342 valence electrons. The van der Waals surface area contributed by atoms with Crippen LogP contribution in [-0.4, -0.2) is 50.8 Å².